The molecule has 4 rings (SSSR count). The van der Waals surface area contributed by atoms with Gasteiger partial charge >= 0.3 is 0 Å². The summed E-state index contributed by atoms with van der Waals surface area (Å²) in [4.78, 5) is 9.73. The van der Waals surface area contributed by atoms with Crippen molar-refractivity contribution in [3.05, 3.63) is 23.4 Å². The molecule has 0 atom stereocenters. The van der Waals surface area contributed by atoms with Gasteiger partial charge in [0.25, 0.3) is 10.2 Å². The molecule has 9 nitrogen and oxygen atoms in total. The number of piperazine rings is 2. The zero-order valence-corrected chi connectivity index (χ0v) is 17.0. The largest absolute Gasteiger partial charge is 0.338 e. The summed E-state index contributed by atoms with van der Waals surface area (Å²) in [5.74, 6) is 1.17. The molecule has 0 aliphatic carbocycles. The van der Waals surface area contributed by atoms with Crippen molar-refractivity contribution in [2.75, 3.05) is 59.4 Å². The minimum Gasteiger partial charge on any atom is -0.338 e. The molecule has 2 fully saturated rings. The van der Waals surface area contributed by atoms with E-state index in [9.17, 15) is 8.42 Å². The Morgan fingerprint density at radius 3 is 2.37 bits per heavy atom. The maximum absolute atomic E-state index is 12.8. The van der Waals surface area contributed by atoms with E-state index in [2.05, 4.69) is 19.9 Å². The smallest absolute Gasteiger partial charge is 0.282 e. The van der Waals surface area contributed by atoms with Crippen molar-refractivity contribution < 1.29 is 12.9 Å². The topological polar surface area (TPSA) is 86.0 Å². The Balaban J connectivity index is 1.31. The summed E-state index contributed by atoms with van der Waals surface area (Å²) in [6, 6.07) is 3.91. The van der Waals surface area contributed by atoms with Crippen LogP contribution >= 0.6 is 11.3 Å². The molecule has 2 aromatic heterocycles. The second-order valence-electron chi connectivity index (χ2n) is 6.87. The average molecular weight is 413 g/mol. The molecule has 0 unspecified atom stereocenters. The van der Waals surface area contributed by atoms with Crippen LogP contribution in [0.5, 0.6) is 0 Å². The van der Waals surface area contributed by atoms with E-state index in [1.165, 1.54) is 0 Å². The fourth-order valence-electron chi connectivity index (χ4n) is 3.32. The van der Waals surface area contributed by atoms with E-state index in [1.807, 2.05) is 24.6 Å². The third kappa shape index (κ3) is 4.23. The molecular weight excluding hydrogens is 388 g/mol. The van der Waals surface area contributed by atoms with Gasteiger partial charge in [-0.15, -0.1) is 11.3 Å². The molecular formula is C16H24N6O3S2. The summed E-state index contributed by atoms with van der Waals surface area (Å²) in [6.07, 6.45) is 0. The molecule has 0 saturated carbocycles. The van der Waals surface area contributed by atoms with Crippen molar-refractivity contribution in [3.63, 3.8) is 0 Å². The Kier molecular flexibility index (Phi) is 5.58. The fourth-order valence-corrected chi connectivity index (χ4v) is 5.54. The monoisotopic (exact) mass is 412 g/mol. The second-order valence-corrected chi connectivity index (χ2v) is 9.75. The van der Waals surface area contributed by atoms with Crippen LogP contribution < -0.4 is 0 Å². The van der Waals surface area contributed by atoms with Crippen LogP contribution in [0, 0.1) is 0 Å². The summed E-state index contributed by atoms with van der Waals surface area (Å²) in [6.45, 7) is 5.51. The van der Waals surface area contributed by atoms with Crippen molar-refractivity contribution in [2.24, 2.45) is 0 Å². The highest BCUT2D eigenvalue weighted by atomic mass is 32.2. The van der Waals surface area contributed by atoms with Crippen molar-refractivity contribution >= 4 is 21.5 Å². The molecule has 4 heterocycles. The predicted octanol–water partition coefficient (Wildman–Crippen LogP) is 0.408. The van der Waals surface area contributed by atoms with Gasteiger partial charge in [-0.3, -0.25) is 4.90 Å². The lowest BCUT2D eigenvalue weighted by atomic mass is 10.3. The van der Waals surface area contributed by atoms with E-state index in [0.717, 1.165) is 18.0 Å². The molecule has 148 valence electrons. The summed E-state index contributed by atoms with van der Waals surface area (Å²) >= 11 is 1.57. The minimum atomic E-state index is -3.37. The van der Waals surface area contributed by atoms with Crippen molar-refractivity contribution in [1.82, 2.24) is 28.6 Å². The first kappa shape index (κ1) is 19.0. The zero-order valence-electron chi connectivity index (χ0n) is 15.3. The second kappa shape index (κ2) is 7.94. The van der Waals surface area contributed by atoms with Crippen LogP contribution in [0.1, 0.15) is 5.89 Å². The van der Waals surface area contributed by atoms with Gasteiger partial charge in [0, 0.05) is 52.4 Å². The van der Waals surface area contributed by atoms with Gasteiger partial charge in [-0.2, -0.15) is 22.0 Å². The molecule has 2 aliphatic heterocycles. The Morgan fingerprint density at radius 2 is 1.74 bits per heavy atom. The number of likely N-dealkylation sites (N-methyl/N-ethyl adjacent to an activating group) is 1. The summed E-state index contributed by atoms with van der Waals surface area (Å²) in [5.41, 5.74) is 0. The minimum absolute atomic E-state index is 0.487. The maximum atomic E-state index is 12.8. The van der Waals surface area contributed by atoms with Crippen LogP contribution in [-0.2, 0) is 16.8 Å². The van der Waals surface area contributed by atoms with Crippen LogP contribution in [0.3, 0.4) is 0 Å². The lowest BCUT2D eigenvalue weighted by Crippen LogP contribution is -2.56. The van der Waals surface area contributed by atoms with Crippen LogP contribution in [0.2, 0.25) is 0 Å². The van der Waals surface area contributed by atoms with E-state index < -0.39 is 10.2 Å². The summed E-state index contributed by atoms with van der Waals surface area (Å²) in [5, 5.41) is 6.00. The quantitative estimate of drug-likeness (QED) is 0.703. The fraction of sp³-hybridized carbons (Fsp3) is 0.625. The highest BCUT2D eigenvalue weighted by Gasteiger charge is 2.34. The summed E-state index contributed by atoms with van der Waals surface area (Å²) in [7, 11) is -1.35. The first-order valence-electron chi connectivity index (χ1n) is 9.05. The lowest BCUT2D eigenvalue weighted by Gasteiger charge is -2.38. The third-order valence-electron chi connectivity index (χ3n) is 5.01. The van der Waals surface area contributed by atoms with Gasteiger partial charge in [0.05, 0.1) is 11.4 Å². The van der Waals surface area contributed by atoms with Crippen molar-refractivity contribution in [3.8, 4) is 10.7 Å². The van der Waals surface area contributed by atoms with Crippen LogP contribution in [0.15, 0.2) is 22.0 Å². The number of hydrogen-bond acceptors (Lipinski definition) is 8. The molecule has 0 N–H and O–H groups in total. The van der Waals surface area contributed by atoms with Crippen molar-refractivity contribution in [1.29, 1.82) is 0 Å². The average Bonchev–Trinajstić information content (AvgIpc) is 3.34. The molecule has 0 radical (unpaired) electrons. The first-order chi connectivity index (χ1) is 13.0. The molecule has 2 aromatic rings. The van der Waals surface area contributed by atoms with Gasteiger partial charge in [-0.05, 0) is 18.5 Å². The van der Waals surface area contributed by atoms with Gasteiger partial charge < -0.3 is 9.42 Å². The Morgan fingerprint density at radius 1 is 1.07 bits per heavy atom. The zero-order chi connectivity index (χ0) is 18.9. The molecule has 0 aromatic carbocycles. The number of thiophene rings is 1. The van der Waals surface area contributed by atoms with Gasteiger partial charge in [0.2, 0.25) is 11.7 Å². The SMILES string of the molecule is CN1CCN(S(=O)(=O)N2CCN(Cc3nc(-c4cccs4)no3)CC2)CC1. The molecule has 2 aliphatic rings. The molecule has 0 amide bonds. The van der Waals surface area contributed by atoms with Gasteiger partial charge in [-0.1, -0.05) is 11.2 Å². The number of nitrogens with zero attached hydrogens (tertiary/aromatic N) is 6. The Hall–Kier alpha value is -1.37. The highest BCUT2D eigenvalue weighted by molar-refractivity contribution is 7.86. The maximum Gasteiger partial charge on any atom is 0.282 e. The van der Waals surface area contributed by atoms with E-state index in [1.54, 1.807) is 19.9 Å². The molecule has 0 bridgehead atoms. The van der Waals surface area contributed by atoms with Crippen LogP contribution in [0.25, 0.3) is 10.7 Å². The lowest BCUT2D eigenvalue weighted by molar-refractivity contribution is 0.152. The van der Waals surface area contributed by atoms with E-state index in [4.69, 9.17) is 4.52 Å². The first-order valence-corrected chi connectivity index (χ1v) is 11.3. The van der Waals surface area contributed by atoms with Crippen LogP contribution in [-0.4, -0.2) is 96.4 Å². The number of hydrogen-bond donors (Lipinski definition) is 0. The van der Waals surface area contributed by atoms with E-state index in [0.29, 0.717) is 57.5 Å². The number of aromatic nitrogens is 2. The standard InChI is InChI=1S/C16H24N6O3S2/c1-19-4-8-21(9-5-19)27(23,24)22-10-6-20(7-11-22)13-15-17-16(18-25-15)14-3-2-12-26-14/h2-3,12H,4-11,13H2,1H3. The molecule has 11 heteroatoms. The molecule has 2 saturated heterocycles. The Labute approximate surface area is 163 Å². The van der Waals surface area contributed by atoms with Gasteiger partial charge in [0.1, 0.15) is 0 Å². The molecule has 27 heavy (non-hydrogen) atoms. The summed E-state index contributed by atoms with van der Waals surface area (Å²) < 4.78 is 34.2. The third-order valence-corrected chi connectivity index (χ3v) is 7.92. The van der Waals surface area contributed by atoms with E-state index in [-0.39, 0.29) is 0 Å². The number of rotatable bonds is 5. The van der Waals surface area contributed by atoms with E-state index >= 15 is 0 Å². The Bertz CT molecular complexity index is 837. The van der Waals surface area contributed by atoms with Crippen molar-refractivity contribution in [2.45, 2.75) is 6.54 Å². The van der Waals surface area contributed by atoms with Gasteiger partial charge in [-0.25, -0.2) is 0 Å². The predicted molar refractivity (Wildman–Crippen MR) is 102 cm³/mol. The molecule has 0 spiro atoms. The van der Waals surface area contributed by atoms with Crippen LogP contribution in [0.4, 0.5) is 0 Å². The normalized spacial score (nSPS) is 21.7. The highest BCUT2D eigenvalue weighted by Crippen LogP contribution is 2.22. The van der Waals surface area contributed by atoms with Gasteiger partial charge in [0.15, 0.2) is 0 Å².